The molecule has 31 heavy (non-hydrogen) atoms. The molecule has 0 saturated heterocycles. The number of hydrogen-bond donors (Lipinski definition) is 6. The number of carbonyl (C=O) groups excluding carboxylic acids is 4. The van der Waals surface area contributed by atoms with Crippen molar-refractivity contribution >= 4 is 41.4 Å². The molecule has 11 nitrogen and oxygen atoms in total. The maximum Gasteiger partial charge on any atom is 0.326 e. The van der Waals surface area contributed by atoms with E-state index in [9.17, 15) is 29.1 Å². The van der Waals surface area contributed by atoms with Gasteiger partial charge >= 0.3 is 5.97 Å². The van der Waals surface area contributed by atoms with Crippen LogP contribution in [0.4, 0.5) is 0 Å². The summed E-state index contributed by atoms with van der Waals surface area (Å²) in [5.41, 5.74) is 10.9. The molecule has 0 bridgehead atoms. The highest BCUT2D eigenvalue weighted by Crippen LogP contribution is 2.07. The van der Waals surface area contributed by atoms with Crippen molar-refractivity contribution in [3.05, 3.63) is 0 Å². The number of carboxylic acids is 1. The highest BCUT2D eigenvalue weighted by molar-refractivity contribution is 7.98. The first-order chi connectivity index (χ1) is 14.4. The first kappa shape index (κ1) is 28.7. The van der Waals surface area contributed by atoms with Crippen LogP contribution in [0.5, 0.6) is 0 Å². The van der Waals surface area contributed by atoms with Crippen molar-refractivity contribution in [2.45, 2.75) is 70.6 Å². The van der Waals surface area contributed by atoms with Crippen molar-refractivity contribution in [2.24, 2.45) is 17.4 Å². The molecule has 5 atom stereocenters. The van der Waals surface area contributed by atoms with Crippen LogP contribution in [-0.4, -0.2) is 70.9 Å². The van der Waals surface area contributed by atoms with E-state index in [4.69, 9.17) is 11.5 Å². The monoisotopic (exact) mass is 461 g/mol. The molecular formula is C19H35N5O6S. The van der Waals surface area contributed by atoms with Crippen molar-refractivity contribution in [1.82, 2.24) is 16.0 Å². The zero-order chi connectivity index (χ0) is 24.1. The Morgan fingerprint density at radius 2 is 1.52 bits per heavy atom. The second-order valence-corrected chi connectivity index (χ2v) is 8.37. The summed E-state index contributed by atoms with van der Waals surface area (Å²) in [7, 11) is 0. The number of nitrogens with two attached hydrogens (primary N) is 2. The van der Waals surface area contributed by atoms with Gasteiger partial charge in [0, 0.05) is 6.42 Å². The lowest BCUT2D eigenvalue weighted by Crippen LogP contribution is -2.57. The van der Waals surface area contributed by atoms with E-state index >= 15 is 0 Å². The number of thioether (sulfide) groups is 1. The Kier molecular flexibility index (Phi) is 13.5. The zero-order valence-corrected chi connectivity index (χ0v) is 19.3. The summed E-state index contributed by atoms with van der Waals surface area (Å²) in [5.74, 6) is -3.32. The van der Waals surface area contributed by atoms with Gasteiger partial charge in [-0.15, -0.1) is 0 Å². The second kappa shape index (κ2) is 14.6. The predicted octanol–water partition coefficient (Wildman–Crippen LogP) is -1.06. The first-order valence-corrected chi connectivity index (χ1v) is 11.5. The number of nitrogens with one attached hydrogen (secondary N) is 3. The standard InChI is InChI=1S/C19H35N5O6S/c1-5-10(2)15(21)18(28)22-11(3)16(26)23-12(8-9-31-4)17(27)24-13(19(29)30)6-7-14(20)25/h10-13,15H,5-9,21H2,1-4H3,(H2,20,25)(H,22,28)(H,23,26)(H,24,27)(H,29,30). The number of hydrogen-bond acceptors (Lipinski definition) is 7. The molecule has 0 aliphatic rings. The molecule has 0 aromatic carbocycles. The quantitative estimate of drug-likeness (QED) is 0.177. The van der Waals surface area contributed by atoms with Gasteiger partial charge in [0.1, 0.15) is 18.1 Å². The number of aliphatic carboxylic acids is 1. The fraction of sp³-hybridized carbons (Fsp3) is 0.737. The van der Waals surface area contributed by atoms with Crippen molar-refractivity contribution in [3.8, 4) is 0 Å². The molecule has 12 heteroatoms. The van der Waals surface area contributed by atoms with Crippen LogP contribution in [0.1, 0.15) is 46.5 Å². The minimum absolute atomic E-state index is 0.0660. The largest absolute Gasteiger partial charge is 0.480 e. The SMILES string of the molecule is CCC(C)C(N)C(=O)NC(C)C(=O)NC(CCSC)C(=O)NC(CCC(N)=O)C(=O)O. The normalized spacial score (nSPS) is 15.6. The summed E-state index contributed by atoms with van der Waals surface area (Å²) in [6.07, 6.45) is 2.39. The van der Waals surface area contributed by atoms with Crippen molar-refractivity contribution in [1.29, 1.82) is 0 Å². The molecule has 178 valence electrons. The summed E-state index contributed by atoms with van der Waals surface area (Å²) in [6.45, 7) is 5.19. The van der Waals surface area contributed by atoms with Crippen molar-refractivity contribution < 1.29 is 29.1 Å². The number of amides is 4. The van der Waals surface area contributed by atoms with Gasteiger partial charge in [0.05, 0.1) is 6.04 Å². The fourth-order valence-electron chi connectivity index (χ4n) is 2.51. The summed E-state index contributed by atoms with van der Waals surface area (Å²) >= 11 is 1.45. The van der Waals surface area contributed by atoms with E-state index in [0.29, 0.717) is 12.2 Å². The average Bonchev–Trinajstić information content (AvgIpc) is 2.71. The fourth-order valence-corrected chi connectivity index (χ4v) is 2.98. The Balaban J connectivity index is 5.10. The predicted molar refractivity (Wildman–Crippen MR) is 118 cm³/mol. The van der Waals surface area contributed by atoms with Gasteiger partial charge in [-0.25, -0.2) is 4.79 Å². The second-order valence-electron chi connectivity index (χ2n) is 7.39. The minimum Gasteiger partial charge on any atom is -0.480 e. The molecule has 0 spiro atoms. The van der Waals surface area contributed by atoms with E-state index < -0.39 is 53.8 Å². The molecule has 0 rings (SSSR count). The third-order valence-corrected chi connectivity index (χ3v) is 5.49. The molecule has 0 saturated carbocycles. The van der Waals surface area contributed by atoms with E-state index in [0.717, 1.165) is 0 Å². The van der Waals surface area contributed by atoms with Gasteiger partial charge in [-0.05, 0) is 37.7 Å². The van der Waals surface area contributed by atoms with Crippen molar-refractivity contribution in [3.63, 3.8) is 0 Å². The van der Waals surface area contributed by atoms with Crippen molar-refractivity contribution in [2.75, 3.05) is 12.0 Å². The maximum atomic E-state index is 12.6. The van der Waals surface area contributed by atoms with Crippen LogP contribution in [0, 0.1) is 5.92 Å². The van der Waals surface area contributed by atoms with E-state index in [-0.39, 0.29) is 25.2 Å². The van der Waals surface area contributed by atoms with Crippen LogP contribution in [0.25, 0.3) is 0 Å². The molecule has 0 radical (unpaired) electrons. The van der Waals surface area contributed by atoms with Gasteiger partial charge in [-0.3, -0.25) is 19.2 Å². The Bertz CT molecular complexity index is 647. The lowest BCUT2D eigenvalue weighted by atomic mass is 9.99. The molecular weight excluding hydrogens is 426 g/mol. The number of carbonyl (C=O) groups is 5. The van der Waals surface area contributed by atoms with Crippen LogP contribution in [-0.2, 0) is 24.0 Å². The average molecular weight is 462 g/mol. The maximum absolute atomic E-state index is 12.6. The third kappa shape index (κ3) is 11.0. The van der Waals surface area contributed by atoms with E-state index in [1.165, 1.54) is 18.7 Å². The van der Waals surface area contributed by atoms with E-state index in [2.05, 4.69) is 16.0 Å². The molecule has 4 amide bonds. The molecule has 0 aromatic heterocycles. The smallest absolute Gasteiger partial charge is 0.326 e. The Morgan fingerprint density at radius 3 is 2.00 bits per heavy atom. The molecule has 5 unspecified atom stereocenters. The highest BCUT2D eigenvalue weighted by Gasteiger charge is 2.29. The Morgan fingerprint density at radius 1 is 0.935 bits per heavy atom. The summed E-state index contributed by atoms with van der Waals surface area (Å²) < 4.78 is 0. The molecule has 8 N–H and O–H groups in total. The lowest BCUT2D eigenvalue weighted by Gasteiger charge is -2.24. The number of primary amides is 1. The third-order valence-electron chi connectivity index (χ3n) is 4.85. The van der Waals surface area contributed by atoms with Gasteiger partial charge in [0.25, 0.3) is 0 Å². The minimum atomic E-state index is -1.32. The van der Waals surface area contributed by atoms with Crippen LogP contribution < -0.4 is 27.4 Å². The lowest BCUT2D eigenvalue weighted by molar-refractivity contribution is -0.142. The molecule has 0 aliphatic carbocycles. The number of carboxylic acid groups (broad SMARTS) is 1. The van der Waals surface area contributed by atoms with E-state index in [1.807, 2.05) is 20.1 Å². The molecule has 0 aliphatic heterocycles. The van der Waals surface area contributed by atoms with Crippen LogP contribution in [0.3, 0.4) is 0 Å². The molecule has 0 fully saturated rings. The summed E-state index contributed by atoms with van der Waals surface area (Å²) in [5, 5.41) is 16.7. The summed E-state index contributed by atoms with van der Waals surface area (Å²) in [4.78, 5) is 59.6. The van der Waals surface area contributed by atoms with Gasteiger partial charge in [0.2, 0.25) is 23.6 Å². The van der Waals surface area contributed by atoms with Gasteiger partial charge in [-0.1, -0.05) is 20.3 Å². The Labute approximate surface area is 186 Å². The topological polar surface area (TPSA) is 194 Å². The Hall–Kier alpha value is -2.34. The van der Waals surface area contributed by atoms with Gasteiger partial charge in [0.15, 0.2) is 0 Å². The van der Waals surface area contributed by atoms with Crippen LogP contribution in [0.2, 0.25) is 0 Å². The molecule has 0 heterocycles. The van der Waals surface area contributed by atoms with Crippen LogP contribution in [0.15, 0.2) is 0 Å². The summed E-state index contributed by atoms with van der Waals surface area (Å²) in [6, 6.07) is -4.05. The highest BCUT2D eigenvalue weighted by atomic mass is 32.2. The number of rotatable bonds is 15. The van der Waals surface area contributed by atoms with Gasteiger partial charge in [-0.2, -0.15) is 11.8 Å². The van der Waals surface area contributed by atoms with E-state index in [1.54, 1.807) is 0 Å². The van der Waals surface area contributed by atoms with Gasteiger partial charge < -0.3 is 32.5 Å². The van der Waals surface area contributed by atoms with Crippen LogP contribution >= 0.6 is 11.8 Å². The molecule has 0 aromatic rings. The first-order valence-electron chi connectivity index (χ1n) is 10.1. The zero-order valence-electron chi connectivity index (χ0n) is 18.5.